The van der Waals surface area contributed by atoms with Crippen LogP contribution in [0.25, 0.3) is 11.0 Å². The molecule has 2 aromatic carbocycles. The summed E-state index contributed by atoms with van der Waals surface area (Å²) >= 11 is 1.32. The van der Waals surface area contributed by atoms with Gasteiger partial charge in [0.25, 0.3) is 0 Å². The lowest BCUT2D eigenvalue weighted by atomic mass is 10.2. The summed E-state index contributed by atoms with van der Waals surface area (Å²) in [6, 6.07) is 12.1. The first-order valence-electron chi connectivity index (χ1n) is 8.29. The summed E-state index contributed by atoms with van der Waals surface area (Å²) in [5.41, 5.74) is 2.19. The summed E-state index contributed by atoms with van der Waals surface area (Å²) < 4.78 is 19.2. The molecule has 0 bridgehead atoms. The summed E-state index contributed by atoms with van der Waals surface area (Å²) in [5.74, 6) is 0.611. The Labute approximate surface area is 155 Å². The first kappa shape index (κ1) is 18.3. The van der Waals surface area contributed by atoms with Crippen molar-refractivity contribution < 1.29 is 13.9 Å². The van der Waals surface area contributed by atoms with Gasteiger partial charge in [-0.3, -0.25) is 4.79 Å². The number of benzene rings is 2. The van der Waals surface area contributed by atoms with Crippen molar-refractivity contribution >= 4 is 28.7 Å². The van der Waals surface area contributed by atoms with E-state index in [0.29, 0.717) is 17.3 Å². The lowest BCUT2D eigenvalue weighted by Gasteiger charge is -2.17. The molecule has 136 valence electrons. The quantitative estimate of drug-likeness (QED) is 0.639. The Morgan fingerprint density at radius 1 is 1.31 bits per heavy atom. The predicted octanol–water partition coefficient (Wildman–Crippen LogP) is 3.85. The van der Waals surface area contributed by atoms with E-state index in [9.17, 15) is 9.18 Å². The Morgan fingerprint density at radius 3 is 2.88 bits per heavy atom. The molecular formula is C19H20FN3O2S. The number of thioether (sulfide) groups is 1. The minimum Gasteiger partial charge on any atom is -0.494 e. The van der Waals surface area contributed by atoms with Crippen LogP contribution in [-0.2, 0) is 11.3 Å². The van der Waals surface area contributed by atoms with Crippen LogP contribution >= 0.6 is 11.8 Å². The van der Waals surface area contributed by atoms with Crippen LogP contribution in [-0.4, -0.2) is 40.2 Å². The van der Waals surface area contributed by atoms with Gasteiger partial charge in [-0.2, -0.15) is 0 Å². The molecule has 1 N–H and O–H groups in total. The van der Waals surface area contributed by atoms with E-state index in [1.54, 1.807) is 25.2 Å². The first-order valence-corrected chi connectivity index (χ1v) is 9.28. The maximum Gasteiger partial charge on any atom is 0.233 e. The standard InChI is InChI=1S/C19H20FN3O2S/c1-3-25-14-8-9-16-17(10-14)22-19(21-16)26-12-18(24)23(2)11-13-6-4-5-7-15(13)20/h4-10H,3,11-12H2,1-2H3,(H,21,22). The second-order valence-corrected chi connectivity index (χ2v) is 6.75. The highest BCUT2D eigenvalue weighted by Crippen LogP contribution is 2.23. The maximum absolute atomic E-state index is 13.7. The van der Waals surface area contributed by atoms with E-state index in [4.69, 9.17) is 4.74 Å². The Balaban J connectivity index is 1.60. The van der Waals surface area contributed by atoms with Gasteiger partial charge in [0.1, 0.15) is 11.6 Å². The molecule has 0 radical (unpaired) electrons. The third-order valence-electron chi connectivity index (χ3n) is 3.87. The van der Waals surface area contributed by atoms with Gasteiger partial charge in [0.2, 0.25) is 5.91 Å². The van der Waals surface area contributed by atoms with E-state index in [-0.39, 0.29) is 24.0 Å². The van der Waals surface area contributed by atoms with Gasteiger partial charge >= 0.3 is 0 Å². The predicted molar refractivity (Wildman–Crippen MR) is 101 cm³/mol. The number of carbonyl (C=O) groups is 1. The normalized spacial score (nSPS) is 10.9. The monoisotopic (exact) mass is 373 g/mol. The van der Waals surface area contributed by atoms with Crippen LogP contribution in [0.3, 0.4) is 0 Å². The average Bonchev–Trinajstić information content (AvgIpc) is 3.04. The smallest absolute Gasteiger partial charge is 0.233 e. The van der Waals surface area contributed by atoms with Crippen molar-refractivity contribution in [1.29, 1.82) is 0 Å². The Bertz CT molecular complexity index is 913. The number of H-pyrrole nitrogens is 1. The number of carbonyl (C=O) groups excluding carboxylic acids is 1. The van der Waals surface area contributed by atoms with E-state index in [1.165, 1.54) is 22.7 Å². The van der Waals surface area contributed by atoms with Gasteiger partial charge in [-0.1, -0.05) is 30.0 Å². The molecule has 5 nitrogen and oxygen atoms in total. The van der Waals surface area contributed by atoms with Crippen LogP contribution in [0.1, 0.15) is 12.5 Å². The van der Waals surface area contributed by atoms with E-state index in [0.717, 1.165) is 16.8 Å². The van der Waals surface area contributed by atoms with Crippen molar-refractivity contribution in [2.24, 2.45) is 0 Å². The Morgan fingerprint density at radius 2 is 2.12 bits per heavy atom. The Hall–Kier alpha value is -2.54. The molecule has 7 heteroatoms. The van der Waals surface area contributed by atoms with Crippen molar-refractivity contribution in [2.45, 2.75) is 18.6 Å². The fraction of sp³-hybridized carbons (Fsp3) is 0.263. The molecule has 0 spiro atoms. The molecule has 0 atom stereocenters. The molecule has 26 heavy (non-hydrogen) atoms. The van der Waals surface area contributed by atoms with Gasteiger partial charge in [0, 0.05) is 25.2 Å². The van der Waals surface area contributed by atoms with E-state index in [2.05, 4.69) is 9.97 Å². The lowest BCUT2D eigenvalue weighted by Crippen LogP contribution is -2.28. The molecule has 0 aliphatic heterocycles. The fourth-order valence-electron chi connectivity index (χ4n) is 2.50. The second kappa shape index (κ2) is 8.23. The van der Waals surface area contributed by atoms with Crippen molar-refractivity contribution in [3.8, 4) is 5.75 Å². The van der Waals surface area contributed by atoms with Gasteiger partial charge in [0.05, 0.1) is 23.4 Å². The maximum atomic E-state index is 13.7. The van der Waals surface area contributed by atoms with Crippen molar-refractivity contribution in [1.82, 2.24) is 14.9 Å². The molecule has 1 amide bonds. The molecule has 3 aromatic rings. The molecule has 0 fully saturated rings. The highest BCUT2D eigenvalue weighted by Gasteiger charge is 2.13. The van der Waals surface area contributed by atoms with Crippen molar-refractivity contribution in [3.63, 3.8) is 0 Å². The number of hydrogen-bond acceptors (Lipinski definition) is 4. The summed E-state index contributed by atoms with van der Waals surface area (Å²) in [6.45, 7) is 2.77. The van der Waals surface area contributed by atoms with E-state index >= 15 is 0 Å². The number of aromatic amines is 1. The zero-order valence-corrected chi connectivity index (χ0v) is 15.5. The summed E-state index contributed by atoms with van der Waals surface area (Å²) in [6.07, 6.45) is 0. The van der Waals surface area contributed by atoms with Crippen LogP contribution in [0.2, 0.25) is 0 Å². The molecule has 1 aromatic heterocycles. The van der Waals surface area contributed by atoms with Crippen molar-refractivity contribution in [3.05, 3.63) is 53.8 Å². The zero-order valence-electron chi connectivity index (χ0n) is 14.7. The summed E-state index contributed by atoms with van der Waals surface area (Å²) in [7, 11) is 1.67. The highest BCUT2D eigenvalue weighted by molar-refractivity contribution is 7.99. The SMILES string of the molecule is CCOc1ccc2nc(SCC(=O)N(C)Cc3ccccc3F)[nH]c2c1. The van der Waals surface area contributed by atoms with Gasteiger partial charge < -0.3 is 14.6 Å². The molecule has 0 aliphatic rings. The van der Waals surface area contributed by atoms with Crippen LogP contribution in [0.15, 0.2) is 47.6 Å². The lowest BCUT2D eigenvalue weighted by molar-refractivity contribution is -0.127. The van der Waals surface area contributed by atoms with E-state index < -0.39 is 0 Å². The van der Waals surface area contributed by atoms with Crippen molar-refractivity contribution in [2.75, 3.05) is 19.4 Å². The number of aromatic nitrogens is 2. The zero-order chi connectivity index (χ0) is 18.5. The Kier molecular flexibility index (Phi) is 5.78. The van der Waals surface area contributed by atoms with Crippen LogP contribution in [0.5, 0.6) is 5.75 Å². The van der Waals surface area contributed by atoms with Gasteiger partial charge in [-0.25, -0.2) is 9.37 Å². The number of amides is 1. The largest absolute Gasteiger partial charge is 0.494 e. The number of imidazole rings is 1. The minimum absolute atomic E-state index is 0.0892. The number of halogens is 1. The first-order chi connectivity index (χ1) is 12.6. The molecule has 0 aliphatic carbocycles. The topological polar surface area (TPSA) is 58.2 Å². The third-order valence-corrected chi connectivity index (χ3v) is 4.72. The molecular weight excluding hydrogens is 353 g/mol. The number of nitrogens with one attached hydrogen (secondary N) is 1. The summed E-state index contributed by atoms with van der Waals surface area (Å²) in [4.78, 5) is 21.5. The number of ether oxygens (including phenoxy) is 1. The molecule has 1 heterocycles. The number of nitrogens with zero attached hydrogens (tertiary/aromatic N) is 2. The van der Waals surface area contributed by atoms with Gasteiger partial charge in [-0.05, 0) is 25.1 Å². The summed E-state index contributed by atoms with van der Waals surface area (Å²) in [5, 5.41) is 0.668. The fourth-order valence-corrected chi connectivity index (χ4v) is 3.33. The highest BCUT2D eigenvalue weighted by atomic mass is 32.2. The molecule has 0 saturated carbocycles. The molecule has 0 unspecified atom stereocenters. The van der Waals surface area contributed by atoms with E-state index in [1.807, 2.05) is 25.1 Å². The number of fused-ring (bicyclic) bond motifs is 1. The number of hydrogen-bond donors (Lipinski definition) is 1. The second-order valence-electron chi connectivity index (χ2n) is 5.78. The van der Waals surface area contributed by atoms with Gasteiger partial charge in [-0.15, -0.1) is 0 Å². The van der Waals surface area contributed by atoms with Crippen LogP contribution in [0, 0.1) is 5.82 Å². The van der Waals surface area contributed by atoms with Crippen LogP contribution < -0.4 is 4.74 Å². The van der Waals surface area contributed by atoms with Crippen LogP contribution in [0.4, 0.5) is 4.39 Å². The number of rotatable bonds is 7. The third kappa shape index (κ3) is 4.35. The molecule has 0 saturated heterocycles. The molecule has 3 rings (SSSR count). The average molecular weight is 373 g/mol. The minimum atomic E-state index is -0.304. The van der Waals surface area contributed by atoms with Gasteiger partial charge in [0.15, 0.2) is 5.16 Å².